The van der Waals surface area contributed by atoms with Crippen molar-refractivity contribution in [3.05, 3.63) is 39.9 Å². The lowest BCUT2D eigenvalue weighted by atomic mass is 9.70. The van der Waals surface area contributed by atoms with Gasteiger partial charge in [-0.3, -0.25) is 9.36 Å². The molecule has 0 bridgehead atoms. The molecule has 0 amide bonds. The van der Waals surface area contributed by atoms with Gasteiger partial charge < -0.3 is 5.32 Å². The fraction of sp³-hybridized carbons (Fsp3) is 0.556. The van der Waals surface area contributed by atoms with E-state index in [9.17, 15) is 4.79 Å². The fourth-order valence-corrected chi connectivity index (χ4v) is 4.68. The summed E-state index contributed by atoms with van der Waals surface area (Å²) >= 11 is 6.05. The Balaban J connectivity index is 1.69. The number of rotatable bonds is 2. The van der Waals surface area contributed by atoms with Crippen LogP contribution in [0.2, 0.25) is 5.02 Å². The van der Waals surface area contributed by atoms with E-state index in [1.807, 2.05) is 6.07 Å². The molecule has 1 aliphatic heterocycles. The fourth-order valence-electron chi connectivity index (χ4n) is 4.51. The van der Waals surface area contributed by atoms with Gasteiger partial charge in [-0.05, 0) is 55.3 Å². The van der Waals surface area contributed by atoms with Crippen LogP contribution < -0.4 is 10.9 Å². The van der Waals surface area contributed by atoms with E-state index in [1.54, 1.807) is 23.0 Å². The molecule has 2 aliphatic rings. The van der Waals surface area contributed by atoms with Gasteiger partial charge in [0.05, 0.1) is 17.2 Å². The molecule has 0 unspecified atom stereocenters. The summed E-state index contributed by atoms with van der Waals surface area (Å²) < 4.78 is 1.80. The Hall–Kier alpha value is -1.39. The zero-order chi connectivity index (χ0) is 15.9. The van der Waals surface area contributed by atoms with E-state index >= 15 is 0 Å². The van der Waals surface area contributed by atoms with Crippen LogP contribution in [-0.2, 0) is 6.54 Å². The van der Waals surface area contributed by atoms with Gasteiger partial charge in [-0.15, -0.1) is 0 Å². The number of hydrogen-bond acceptors (Lipinski definition) is 3. The van der Waals surface area contributed by atoms with Crippen LogP contribution in [0, 0.1) is 11.3 Å². The summed E-state index contributed by atoms with van der Waals surface area (Å²) in [5.74, 6) is 0.558. The highest BCUT2D eigenvalue weighted by Crippen LogP contribution is 2.47. The quantitative estimate of drug-likeness (QED) is 0.919. The van der Waals surface area contributed by atoms with Crippen molar-refractivity contribution in [1.82, 2.24) is 14.9 Å². The summed E-state index contributed by atoms with van der Waals surface area (Å²) in [6.07, 6.45) is 8.05. The number of nitrogens with zero attached hydrogens (tertiary/aromatic N) is 2. The van der Waals surface area contributed by atoms with Gasteiger partial charge in [-0.1, -0.05) is 24.4 Å². The highest BCUT2D eigenvalue weighted by Gasteiger charge is 2.42. The van der Waals surface area contributed by atoms with Crippen molar-refractivity contribution >= 4 is 22.5 Å². The second-order valence-electron chi connectivity index (χ2n) is 7.10. The largest absolute Gasteiger partial charge is 0.316 e. The number of aromatic nitrogens is 2. The Morgan fingerprint density at radius 3 is 3.00 bits per heavy atom. The Kier molecular flexibility index (Phi) is 3.90. The summed E-state index contributed by atoms with van der Waals surface area (Å²) in [6.45, 7) is 2.92. The van der Waals surface area contributed by atoms with E-state index < -0.39 is 0 Å². The standard InChI is InChI=1S/C18H22ClN3O/c19-14-3-4-16-15(9-14)17(23)22(12-21-16)10-13-5-8-20-11-18(13)6-1-2-7-18/h3-4,9,12-13,20H,1-2,5-8,10-11H2/t13-/m0/s1. The van der Waals surface area contributed by atoms with Crippen LogP contribution in [0.3, 0.4) is 0 Å². The third kappa shape index (κ3) is 2.68. The van der Waals surface area contributed by atoms with Crippen LogP contribution in [0.1, 0.15) is 32.1 Å². The molecule has 4 rings (SSSR count). The van der Waals surface area contributed by atoms with Crippen molar-refractivity contribution in [2.45, 2.75) is 38.6 Å². The normalized spacial score (nSPS) is 23.6. The minimum absolute atomic E-state index is 0.0316. The molecule has 2 heterocycles. The molecule has 0 radical (unpaired) electrons. The van der Waals surface area contributed by atoms with Gasteiger partial charge in [0.15, 0.2) is 0 Å². The van der Waals surface area contributed by atoms with E-state index in [2.05, 4.69) is 10.3 Å². The summed E-state index contributed by atoms with van der Waals surface area (Å²) in [4.78, 5) is 17.3. The van der Waals surface area contributed by atoms with Crippen LogP contribution >= 0.6 is 11.6 Å². The van der Waals surface area contributed by atoms with Crippen LogP contribution in [0.15, 0.2) is 29.3 Å². The van der Waals surface area contributed by atoms with Gasteiger partial charge in [-0.25, -0.2) is 4.98 Å². The van der Waals surface area contributed by atoms with E-state index in [0.717, 1.165) is 31.6 Å². The van der Waals surface area contributed by atoms with E-state index in [1.165, 1.54) is 25.7 Å². The molecule has 5 heteroatoms. The molecule has 1 aromatic heterocycles. The van der Waals surface area contributed by atoms with Gasteiger partial charge in [-0.2, -0.15) is 0 Å². The predicted molar refractivity (Wildman–Crippen MR) is 92.9 cm³/mol. The number of benzene rings is 1. The lowest BCUT2D eigenvalue weighted by Gasteiger charge is -2.42. The van der Waals surface area contributed by atoms with Gasteiger partial charge >= 0.3 is 0 Å². The second kappa shape index (κ2) is 5.91. The van der Waals surface area contributed by atoms with E-state index in [-0.39, 0.29) is 5.56 Å². The topological polar surface area (TPSA) is 46.9 Å². The highest BCUT2D eigenvalue weighted by atomic mass is 35.5. The van der Waals surface area contributed by atoms with Crippen molar-refractivity contribution in [2.24, 2.45) is 11.3 Å². The molecule has 1 atom stereocenters. The Labute approximate surface area is 140 Å². The van der Waals surface area contributed by atoms with Crippen molar-refractivity contribution in [3.8, 4) is 0 Å². The monoisotopic (exact) mass is 331 g/mol. The summed E-state index contributed by atoms with van der Waals surface area (Å²) in [5, 5.41) is 4.77. The minimum Gasteiger partial charge on any atom is -0.316 e. The molecule has 1 spiro atoms. The van der Waals surface area contributed by atoms with Crippen LogP contribution in [-0.4, -0.2) is 22.6 Å². The maximum absolute atomic E-state index is 12.8. The average molecular weight is 332 g/mol. The molecule has 2 fully saturated rings. The molecular weight excluding hydrogens is 310 g/mol. The minimum atomic E-state index is 0.0316. The molecule has 122 valence electrons. The predicted octanol–water partition coefficient (Wildman–Crippen LogP) is 3.22. The lowest BCUT2D eigenvalue weighted by molar-refractivity contribution is 0.101. The van der Waals surface area contributed by atoms with Gasteiger partial charge in [0.25, 0.3) is 5.56 Å². The zero-order valence-electron chi connectivity index (χ0n) is 13.2. The number of piperidine rings is 1. The Morgan fingerprint density at radius 1 is 1.35 bits per heavy atom. The molecule has 23 heavy (non-hydrogen) atoms. The molecular formula is C18H22ClN3O. The molecule has 4 nitrogen and oxygen atoms in total. The number of nitrogens with one attached hydrogen (secondary N) is 1. The third-order valence-electron chi connectivity index (χ3n) is 5.82. The second-order valence-corrected chi connectivity index (χ2v) is 7.53. The van der Waals surface area contributed by atoms with Gasteiger partial charge in [0.2, 0.25) is 0 Å². The van der Waals surface area contributed by atoms with E-state index in [0.29, 0.717) is 21.7 Å². The van der Waals surface area contributed by atoms with Crippen molar-refractivity contribution in [2.75, 3.05) is 13.1 Å². The van der Waals surface area contributed by atoms with E-state index in [4.69, 9.17) is 11.6 Å². The van der Waals surface area contributed by atoms with Crippen LogP contribution in [0.4, 0.5) is 0 Å². The smallest absolute Gasteiger partial charge is 0.261 e. The molecule has 1 N–H and O–H groups in total. The van der Waals surface area contributed by atoms with Crippen molar-refractivity contribution in [1.29, 1.82) is 0 Å². The third-order valence-corrected chi connectivity index (χ3v) is 6.05. The Bertz CT molecular complexity index is 779. The SMILES string of the molecule is O=c1c2cc(Cl)ccc2ncn1C[C@@H]1CCNCC12CCCC2. The first-order chi connectivity index (χ1) is 11.2. The van der Waals surface area contributed by atoms with Gasteiger partial charge in [0.1, 0.15) is 0 Å². The summed E-state index contributed by atoms with van der Waals surface area (Å²) in [7, 11) is 0. The van der Waals surface area contributed by atoms with Crippen LogP contribution in [0.5, 0.6) is 0 Å². The lowest BCUT2D eigenvalue weighted by Crippen LogP contribution is -2.47. The van der Waals surface area contributed by atoms with Crippen molar-refractivity contribution in [3.63, 3.8) is 0 Å². The summed E-state index contributed by atoms with van der Waals surface area (Å²) in [6, 6.07) is 5.32. The molecule has 1 aromatic carbocycles. The van der Waals surface area contributed by atoms with Crippen LogP contribution in [0.25, 0.3) is 10.9 Å². The number of halogens is 1. The maximum Gasteiger partial charge on any atom is 0.261 e. The van der Waals surface area contributed by atoms with Crippen molar-refractivity contribution < 1.29 is 0 Å². The first-order valence-corrected chi connectivity index (χ1v) is 8.91. The molecule has 1 saturated carbocycles. The molecule has 2 aromatic rings. The first-order valence-electron chi connectivity index (χ1n) is 8.53. The highest BCUT2D eigenvalue weighted by molar-refractivity contribution is 6.31. The first kappa shape index (κ1) is 15.2. The summed E-state index contributed by atoms with van der Waals surface area (Å²) in [5.41, 5.74) is 1.13. The molecule has 1 saturated heterocycles. The average Bonchev–Trinajstić information content (AvgIpc) is 3.02. The zero-order valence-corrected chi connectivity index (χ0v) is 14.0. The van der Waals surface area contributed by atoms with Gasteiger partial charge in [0, 0.05) is 18.1 Å². The number of hydrogen-bond donors (Lipinski definition) is 1. The maximum atomic E-state index is 12.8. The molecule has 1 aliphatic carbocycles. The Morgan fingerprint density at radius 2 is 2.17 bits per heavy atom. The number of fused-ring (bicyclic) bond motifs is 1.